The summed E-state index contributed by atoms with van der Waals surface area (Å²) < 4.78 is 10.9. The Balaban J connectivity index is 1.97. The second-order valence-electron chi connectivity index (χ2n) is 4.91. The van der Waals surface area contributed by atoms with Crippen molar-refractivity contribution >= 4 is 0 Å². The molecule has 0 saturated heterocycles. The molecule has 2 saturated carbocycles. The fourth-order valence-corrected chi connectivity index (χ4v) is 3.90. The van der Waals surface area contributed by atoms with Gasteiger partial charge in [-0.2, -0.15) is 0 Å². The van der Waals surface area contributed by atoms with E-state index in [9.17, 15) is 0 Å². The molecular weight excluding hydrogens is 188 g/mol. The maximum absolute atomic E-state index is 5.47. The maximum atomic E-state index is 5.47. The number of benzene rings is 1. The third-order valence-electron chi connectivity index (χ3n) is 4.57. The van der Waals surface area contributed by atoms with Crippen LogP contribution in [0, 0.1) is 11.8 Å². The Morgan fingerprint density at radius 3 is 2.40 bits per heavy atom. The molecule has 2 nitrogen and oxygen atoms in total. The van der Waals surface area contributed by atoms with Crippen molar-refractivity contribution in [2.24, 2.45) is 11.8 Å². The summed E-state index contributed by atoms with van der Waals surface area (Å²) in [4.78, 5) is 0. The highest BCUT2D eigenvalue weighted by Gasteiger charge is 2.70. The van der Waals surface area contributed by atoms with Gasteiger partial charge < -0.3 is 9.47 Å². The van der Waals surface area contributed by atoms with E-state index in [2.05, 4.69) is 12.1 Å². The van der Waals surface area contributed by atoms with Gasteiger partial charge in [-0.25, -0.2) is 0 Å². The molecule has 0 aromatic heterocycles. The number of ether oxygens (including phenoxy) is 2. The van der Waals surface area contributed by atoms with Gasteiger partial charge >= 0.3 is 0 Å². The van der Waals surface area contributed by atoms with Crippen LogP contribution in [-0.4, -0.2) is 14.2 Å². The minimum absolute atomic E-state index is 0.778. The molecule has 0 amide bonds. The molecule has 0 aliphatic heterocycles. The first-order valence-electron chi connectivity index (χ1n) is 5.61. The van der Waals surface area contributed by atoms with Crippen LogP contribution in [-0.2, 0) is 0 Å². The Morgan fingerprint density at radius 2 is 1.73 bits per heavy atom. The predicted octanol–water partition coefficient (Wildman–Crippen LogP) is 2.53. The Hall–Kier alpha value is -1.18. The SMILES string of the molecule is COc1ccc(OC)c2c1[C@@H]1[C@H]3C[C@@H]2[C@@H]31. The van der Waals surface area contributed by atoms with E-state index in [1.54, 1.807) is 14.2 Å². The molecule has 3 aliphatic carbocycles. The van der Waals surface area contributed by atoms with Crippen molar-refractivity contribution in [2.45, 2.75) is 18.3 Å². The first-order valence-corrected chi connectivity index (χ1v) is 5.61. The minimum Gasteiger partial charge on any atom is -0.496 e. The minimum atomic E-state index is 0.778. The zero-order valence-electron chi connectivity index (χ0n) is 8.99. The molecule has 0 N–H and O–H groups in total. The van der Waals surface area contributed by atoms with Crippen LogP contribution in [0.15, 0.2) is 12.1 Å². The van der Waals surface area contributed by atoms with Gasteiger partial charge in [0.2, 0.25) is 0 Å². The molecule has 1 aromatic carbocycles. The van der Waals surface area contributed by atoms with Gasteiger partial charge in [-0.15, -0.1) is 0 Å². The lowest BCUT2D eigenvalue weighted by molar-refractivity contribution is 0.351. The Bertz CT molecular complexity index is 419. The molecule has 0 bridgehead atoms. The summed E-state index contributed by atoms with van der Waals surface area (Å²) in [6.07, 6.45) is 1.38. The summed E-state index contributed by atoms with van der Waals surface area (Å²) in [5, 5.41) is 0. The van der Waals surface area contributed by atoms with Crippen molar-refractivity contribution in [1.82, 2.24) is 0 Å². The van der Waals surface area contributed by atoms with Crippen LogP contribution in [0.2, 0.25) is 0 Å². The average Bonchev–Trinajstić information content (AvgIpc) is 2.73. The average molecular weight is 202 g/mol. The summed E-state index contributed by atoms with van der Waals surface area (Å²) in [7, 11) is 3.53. The van der Waals surface area contributed by atoms with E-state index < -0.39 is 0 Å². The van der Waals surface area contributed by atoms with Gasteiger partial charge in [0.1, 0.15) is 11.5 Å². The normalized spacial score (nSPS) is 37.7. The summed E-state index contributed by atoms with van der Waals surface area (Å²) >= 11 is 0. The first-order chi connectivity index (χ1) is 7.36. The first kappa shape index (κ1) is 8.03. The topological polar surface area (TPSA) is 18.5 Å². The molecule has 1 aromatic rings. The third-order valence-corrected chi connectivity index (χ3v) is 4.57. The molecule has 0 spiro atoms. The lowest BCUT2D eigenvalue weighted by Crippen LogP contribution is -2.16. The highest BCUT2D eigenvalue weighted by atomic mass is 16.5. The molecular formula is C13H14O2. The predicted molar refractivity (Wildman–Crippen MR) is 56.6 cm³/mol. The quantitative estimate of drug-likeness (QED) is 0.733. The number of fused-ring (bicyclic) bond motifs is 4. The second kappa shape index (κ2) is 2.31. The van der Waals surface area contributed by atoms with Gasteiger partial charge in [-0.05, 0) is 42.2 Å². The van der Waals surface area contributed by atoms with E-state index in [1.807, 2.05) is 0 Å². The van der Waals surface area contributed by atoms with Gasteiger partial charge in [-0.1, -0.05) is 0 Å². The van der Waals surface area contributed by atoms with Gasteiger partial charge in [0.15, 0.2) is 0 Å². The molecule has 15 heavy (non-hydrogen) atoms. The van der Waals surface area contributed by atoms with Crippen molar-refractivity contribution in [3.05, 3.63) is 23.3 Å². The molecule has 0 heterocycles. The lowest BCUT2D eigenvalue weighted by atomic mass is 9.78. The monoisotopic (exact) mass is 202 g/mol. The summed E-state index contributed by atoms with van der Waals surface area (Å²) in [6, 6.07) is 4.10. The molecule has 0 unspecified atom stereocenters. The molecule has 3 aliphatic rings. The highest BCUT2D eigenvalue weighted by molar-refractivity contribution is 5.63. The smallest absolute Gasteiger partial charge is 0.122 e. The van der Waals surface area contributed by atoms with Crippen molar-refractivity contribution < 1.29 is 9.47 Å². The van der Waals surface area contributed by atoms with E-state index in [-0.39, 0.29) is 0 Å². The number of hydrogen-bond donors (Lipinski definition) is 0. The largest absolute Gasteiger partial charge is 0.496 e. The van der Waals surface area contributed by atoms with Gasteiger partial charge in [0.05, 0.1) is 14.2 Å². The van der Waals surface area contributed by atoms with Gasteiger partial charge in [-0.3, -0.25) is 0 Å². The van der Waals surface area contributed by atoms with Gasteiger partial charge in [0, 0.05) is 11.1 Å². The number of hydrogen-bond acceptors (Lipinski definition) is 2. The van der Waals surface area contributed by atoms with Crippen molar-refractivity contribution in [3.8, 4) is 11.5 Å². The van der Waals surface area contributed by atoms with Gasteiger partial charge in [0.25, 0.3) is 0 Å². The molecule has 2 fully saturated rings. The fraction of sp³-hybridized carbons (Fsp3) is 0.538. The molecule has 2 heteroatoms. The fourth-order valence-electron chi connectivity index (χ4n) is 3.90. The van der Waals surface area contributed by atoms with E-state index >= 15 is 0 Å². The highest BCUT2D eigenvalue weighted by Crippen LogP contribution is 2.80. The molecule has 0 radical (unpaired) electrons. The second-order valence-corrected chi connectivity index (χ2v) is 4.91. The molecule has 4 rings (SSSR count). The van der Waals surface area contributed by atoms with Crippen LogP contribution in [0.25, 0.3) is 0 Å². The van der Waals surface area contributed by atoms with Crippen LogP contribution in [0.4, 0.5) is 0 Å². The molecule has 4 atom stereocenters. The Labute approximate surface area is 89.2 Å². The van der Waals surface area contributed by atoms with Crippen LogP contribution in [0.3, 0.4) is 0 Å². The van der Waals surface area contributed by atoms with Crippen molar-refractivity contribution in [3.63, 3.8) is 0 Å². The summed E-state index contributed by atoms with van der Waals surface area (Å²) in [6.45, 7) is 0. The maximum Gasteiger partial charge on any atom is 0.122 e. The Kier molecular flexibility index (Phi) is 1.24. The molecule has 78 valence electrons. The Morgan fingerprint density at radius 1 is 1.07 bits per heavy atom. The van der Waals surface area contributed by atoms with Crippen molar-refractivity contribution in [1.29, 1.82) is 0 Å². The third kappa shape index (κ3) is 0.715. The summed E-state index contributed by atoms with van der Waals surface area (Å²) in [5.41, 5.74) is 2.91. The zero-order valence-corrected chi connectivity index (χ0v) is 8.99. The van der Waals surface area contributed by atoms with Crippen molar-refractivity contribution in [2.75, 3.05) is 14.2 Å². The lowest BCUT2D eigenvalue weighted by Gasteiger charge is -2.28. The number of methoxy groups -OCH3 is 2. The van der Waals surface area contributed by atoms with E-state index in [1.165, 1.54) is 17.5 Å². The zero-order chi connectivity index (χ0) is 10.2. The van der Waals surface area contributed by atoms with Crippen LogP contribution >= 0.6 is 0 Å². The van der Waals surface area contributed by atoms with Crippen LogP contribution < -0.4 is 9.47 Å². The van der Waals surface area contributed by atoms with E-state index in [0.717, 1.165) is 35.2 Å². The summed E-state index contributed by atoms with van der Waals surface area (Å²) in [5.74, 6) is 5.63. The van der Waals surface area contributed by atoms with E-state index in [4.69, 9.17) is 9.47 Å². The number of rotatable bonds is 2. The van der Waals surface area contributed by atoms with Crippen LogP contribution in [0.1, 0.15) is 29.4 Å². The van der Waals surface area contributed by atoms with E-state index in [0.29, 0.717) is 0 Å². The van der Waals surface area contributed by atoms with Crippen LogP contribution in [0.5, 0.6) is 11.5 Å². The standard InChI is InChI=1S/C13H14O2/c1-14-8-3-4-9(15-2)13-11(8)6-5-7-10(6)12(7)13/h3-4,6-7,10,12H,5H2,1-2H3/t6-,7+,10+,12-/m1/s1.